The molecule has 3 aliphatic rings. The molecule has 0 radical (unpaired) electrons. The van der Waals surface area contributed by atoms with Gasteiger partial charge < -0.3 is 9.84 Å². The number of hydrogen-bond acceptors (Lipinski definition) is 3. The molecule has 0 saturated carbocycles. The Labute approximate surface area is 232 Å². The molecule has 1 N–H and O–H groups in total. The molecule has 0 saturated heterocycles. The van der Waals surface area contributed by atoms with Gasteiger partial charge >= 0.3 is 5.97 Å². The van der Waals surface area contributed by atoms with Gasteiger partial charge in [-0.25, -0.2) is 0 Å². The van der Waals surface area contributed by atoms with Crippen molar-refractivity contribution in [2.45, 2.75) is 23.7 Å². The molecule has 3 nitrogen and oxygen atoms in total. The summed E-state index contributed by atoms with van der Waals surface area (Å²) in [6.45, 7) is 0. The van der Waals surface area contributed by atoms with Crippen molar-refractivity contribution in [3.63, 3.8) is 0 Å². The number of fused-ring (bicyclic) bond motifs is 3. The summed E-state index contributed by atoms with van der Waals surface area (Å²) < 4.78 is 6.42. The molecule has 3 aliphatic carbocycles. The number of ether oxygens (including phenoxy) is 1. The molecule has 2 bridgehead atoms. The number of phenolic OH excluding ortho intramolecular Hbond substituents is 1. The monoisotopic (exact) mass is 518 g/mol. The number of benzene rings is 6. The zero-order chi connectivity index (χ0) is 26.8. The number of carbonyl (C=O) groups is 1. The molecule has 40 heavy (non-hydrogen) atoms. The topological polar surface area (TPSA) is 46.5 Å². The van der Waals surface area contributed by atoms with Gasteiger partial charge in [-0.2, -0.15) is 0 Å². The van der Waals surface area contributed by atoms with Crippen molar-refractivity contribution in [3.05, 3.63) is 155 Å². The molecule has 0 heterocycles. The van der Waals surface area contributed by atoms with Crippen LogP contribution in [0.2, 0.25) is 0 Å². The second-order valence-electron chi connectivity index (χ2n) is 11.0. The van der Waals surface area contributed by atoms with Crippen molar-refractivity contribution < 1.29 is 14.6 Å². The summed E-state index contributed by atoms with van der Waals surface area (Å²) in [7, 11) is 0. The molecule has 192 valence electrons. The van der Waals surface area contributed by atoms with E-state index in [1.54, 1.807) is 6.07 Å². The van der Waals surface area contributed by atoms with Crippen LogP contribution in [-0.2, 0) is 10.2 Å². The van der Waals surface area contributed by atoms with Crippen LogP contribution in [0.3, 0.4) is 0 Å². The minimum atomic E-state index is -1.13. The van der Waals surface area contributed by atoms with Crippen molar-refractivity contribution in [1.82, 2.24) is 0 Å². The van der Waals surface area contributed by atoms with Gasteiger partial charge in [0.15, 0.2) is 0 Å². The lowest BCUT2D eigenvalue weighted by molar-refractivity contribution is -0.142. The molecule has 3 heteroatoms. The van der Waals surface area contributed by atoms with E-state index in [0.29, 0.717) is 17.7 Å². The highest BCUT2D eigenvalue weighted by atomic mass is 16.5. The van der Waals surface area contributed by atoms with Gasteiger partial charge in [0.1, 0.15) is 16.9 Å². The first-order chi connectivity index (χ1) is 19.6. The fourth-order valence-electron chi connectivity index (χ4n) is 7.35. The predicted molar refractivity (Wildman–Crippen MR) is 158 cm³/mol. The molecule has 0 amide bonds. The highest BCUT2D eigenvalue weighted by Crippen LogP contribution is 2.63. The quantitative estimate of drug-likeness (QED) is 0.190. The van der Waals surface area contributed by atoms with E-state index in [4.69, 9.17) is 4.74 Å². The van der Waals surface area contributed by atoms with Crippen LogP contribution in [0, 0.1) is 0 Å². The van der Waals surface area contributed by atoms with Crippen molar-refractivity contribution >= 4 is 27.5 Å². The van der Waals surface area contributed by atoms with Crippen LogP contribution in [0.4, 0.5) is 0 Å². The van der Waals surface area contributed by atoms with E-state index in [9.17, 15) is 9.90 Å². The zero-order valence-electron chi connectivity index (χ0n) is 21.7. The molecule has 0 spiro atoms. The minimum absolute atomic E-state index is 0.00309. The van der Waals surface area contributed by atoms with Crippen LogP contribution in [0.15, 0.2) is 127 Å². The Bertz CT molecular complexity index is 1920. The standard InChI is InChI=1S/C37H26O3/c38-33-21-25-12-2-1-11-24(25)20-32(33)37(36(39)40-34-19-9-13-23-10-3-4-14-26(23)34)22-31-27-15-5-7-17-29(27)35(37)30-18-8-6-16-28(30)31/h1-21,31,35,38H,22H2. The smallest absolute Gasteiger partial charge is 0.323 e. The minimum Gasteiger partial charge on any atom is -0.508 e. The van der Waals surface area contributed by atoms with Crippen LogP contribution >= 0.6 is 0 Å². The van der Waals surface area contributed by atoms with Crippen molar-refractivity contribution in [1.29, 1.82) is 0 Å². The van der Waals surface area contributed by atoms with E-state index < -0.39 is 5.41 Å². The summed E-state index contributed by atoms with van der Waals surface area (Å²) in [5, 5.41) is 15.4. The molecular weight excluding hydrogens is 492 g/mol. The van der Waals surface area contributed by atoms with Gasteiger partial charge in [-0.05, 0) is 63.0 Å². The highest BCUT2D eigenvalue weighted by molar-refractivity contribution is 5.96. The third-order valence-electron chi connectivity index (χ3n) is 9.04. The first kappa shape index (κ1) is 23.0. The Hall–Kier alpha value is -4.89. The van der Waals surface area contributed by atoms with E-state index >= 15 is 0 Å². The number of aromatic hydroxyl groups is 1. The largest absolute Gasteiger partial charge is 0.508 e. The van der Waals surface area contributed by atoms with E-state index in [2.05, 4.69) is 36.4 Å². The van der Waals surface area contributed by atoms with E-state index in [1.807, 2.05) is 84.9 Å². The van der Waals surface area contributed by atoms with Gasteiger partial charge in [0.2, 0.25) is 0 Å². The summed E-state index contributed by atoms with van der Waals surface area (Å²) >= 11 is 0. The SMILES string of the molecule is O=C(Oc1cccc2ccccc12)C1(c2cc3ccccc3cc2O)CC2c3ccccc3C1c1ccccc12. The fraction of sp³-hybridized carbons (Fsp3) is 0.108. The molecular formula is C37H26O3. The number of phenols is 1. The fourth-order valence-corrected chi connectivity index (χ4v) is 7.35. The summed E-state index contributed by atoms with van der Waals surface area (Å²) in [6, 6.07) is 42.4. The van der Waals surface area contributed by atoms with Gasteiger partial charge in [-0.1, -0.05) is 109 Å². The summed E-state index contributed by atoms with van der Waals surface area (Å²) in [6.07, 6.45) is 0.515. The Morgan fingerprint density at radius 3 is 1.90 bits per heavy atom. The van der Waals surface area contributed by atoms with Crippen molar-refractivity contribution in [2.75, 3.05) is 0 Å². The van der Waals surface area contributed by atoms with Crippen molar-refractivity contribution in [3.8, 4) is 11.5 Å². The lowest BCUT2D eigenvalue weighted by Crippen LogP contribution is -2.51. The second kappa shape index (κ2) is 8.56. The first-order valence-corrected chi connectivity index (χ1v) is 13.7. The van der Waals surface area contributed by atoms with Crippen LogP contribution in [0.5, 0.6) is 11.5 Å². The average Bonchev–Trinajstić information content (AvgIpc) is 3.01. The average molecular weight is 519 g/mol. The molecule has 0 fully saturated rings. The molecule has 9 rings (SSSR count). The van der Waals surface area contributed by atoms with Gasteiger partial charge in [-0.3, -0.25) is 4.79 Å². The number of carbonyl (C=O) groups excluding carboxylic acids is 1. The summed E-state index contributed by atoms with van der Waals surface area (Å²) in [5.74, 6) is 0.0121. The summed E-state index contributed by atoms with van der Waals surface area (Å²) in [5.41, 5.74) is 4.24. The zero-order valence-corrected chi connectivity index (χ0v) is 21.7. The lowest BCUT2D eigenvalue weighted by atomic mass is 9.50. The van der Waals surface area contributed by atoms with E-state index in [0.717, 1.165) is 32.7 Å². The highest BCUT2D eigenvalue weighted by Gasteiger charge is 2.59. The Balaban J connectivity index is 1.41. The molecule has 0 aliphatic heterocycles. The third-order valence-corrected chi connectivity index (χ3v) is 9.04. The van der Waals surface area contributed by atoms with Gasteiger partial charge in [0.25, 0.3) is 0 Å². The molecule has 1 unspecified atom stereocenters. The van der Waals surface area contributed by atoms with E-state index in [1.165, 1.54) is 11.1 Å². The predicted octanol–water partition coefficient (Wildman–Crippen LogP) is 8.22. The van der Waals surface area contributed by atoms with Crippen LogP contribution in [0.25, 0.3) is 21.5 Å². The molecule has 6 aromatic carbocycles. The van der Waals surface area contributed by atoms with Crippen LogP contribution in [0.1, 0.15) is 46.1 Å². The Morgan fingerprint density at radius 2 is 1.20 bits per heavy atom. The molecule has 1 atom stereocenters. The molecule has 6 aromatic rings. The lowest BCUT2D eigenvalue weighted by Gasteiger charge is -2.52. The Morgan fingerprint density at radius 1 is 0.650 bits per heavy atom. The maximum atomic E-state index is 14.9. The van der Waals surface area contributed by atoms with Gasteiger partial charge in [-0.15, -0.1) is 0 Å². The number of rotatable bonds is 3. The van der Waals surface area contributed by atoms with Crippen LogP contribution < -0.4 is 4.74 Å². The maximum absolute atomic E-state index is 14.9. The second-order valence-corrected chi connectivity index (χ2v) is 11.0. The third kappa shape index (κ3) is 3.15. The maximum Gasteiger partial charge on any atom is 0.323 e. The molecule has 0 aromatic heterocycles. The van der Waals surface area contributed by atoms with E-state index in [-0.39, 0.29) is 23.6 Å². The Kier molecular flexibility index (Phi) is 4.93. The van der Waals surface area contributed by atoms with Crippen LogP contribution in [-0.4, -0.2) is 11.1 Å². The van der Waals surface area contributed by atoms with Gasteiger partial charge in [0, 0.05) is 22.8 Å². The van der Waals surface area contributed by atoms with Crippen molar-refractivity contribution in [2.24, 2.45) is 0 Å². The van der Waals surface area contributed by atoms with Gasteiger partial charge in [0.05, 0.1) is 0 Å². The number of hydrogen-bond donors (Lipinski definition) is 1. The summed E-state index contributed by atoms with van der Waals surface area (Å²) in [4.78, 5) is 14.9. The number of esters is 1. The first-order valence-electron chi connectivity index (χ1n) is 13.7. The normalized spacial score (nSPS) is 20.7.